The van der Waals surface area contributed by atoms with Gasteiger partial charge < -0.3 is 10.6 Å². The lowest BCUT2D eigenvalue weighted by Crippen LogP contribution is -2.53. The zero-order chi connectivity index (χ0) is 17.3. The van der Waals surface area contributed by atoms with Crippen molar-refractivity contribution in [2.45, 2.75) is 31.2 Å². The van der Waals surface area contributed by atoms with Gasteiger partial charge in [-0.15, -0.1) is 0 Å². The van der Waals surface area contributed by atoms with Crippen molar-refractivity contribution in [2.75, 3.05) is 6.54 Å². The van der Waals surface area contributed by atoms with Gasteiger partial charge in [0.1, 0.15) is 17.2 Å². The summed E-state index contributed by atoms with van der Waals surface area (Å²) in [5.41, 5.74) is -1.28. The molecule has 1 aliphatic heterocycles. The van der Waals surface area contributed by atoms with Crippen molar-refractivity contribution >= 4 is 17.8 Å². The number of imide groups is 1. The third-order valence-electron chi connectivity index (χ3n) is 4.73. The van der Waals surface area contributed by atoms with Crippen LogP contribution in [0.1, 0.15) is 24.8 Å². The molecule has 0 aromatic heterocycles. The van der Waals surface area contributed by atoms with Crippen LogP contribution >= 0.6 is 0 Å². The van der Waals surface area contributed by atoms with Gasteiger partial charge in [0.25, 0.3) is 5.91 Å². The normalized spacial score (nSPS) is 25.7. The second kappa shape index (κ2) is 6.18. The van der Waals surface area contributed by atoms with Crippen LogP contribution in [0.4, 0.5) is 13.6 Å². The molecular formula is C16H17F2N3O3. The first-order chi connectivity index (χ1) is 11.4. The summed E-state index contributed by atoms with van der Waals surface area (Å²) in [4.78, 5) is 35.4. The molecule has 0 radical (unpaired) electrons. The fourth-order valence-electron chi connectivity index (χ4n) is 3.48. The lowest BCUT2D eigenvalue weighted by Gasteiger charge is -2.28. The summed E-state index contributed by atoms with van der Waals surface area (Å²) in [5.74, 6) is -2.72. The number of hydrogen-bond acceptors (Lipinski definition) is 3. The molecule has 3 rings (SSSR count). The van der Waals surface area contributed by atoms with Crippen LogP contribution in [0.15, 0.2) is 18.2 Å². The Bertz CT molecular complexity index is 690. The molecule has 0 unspecified atom stereocenters. The molecule has 6 nitrogen and oxygen atoms in total. The number of carbonyl (C=O) groups is 3. The highest BCUT2D eigenvalue weighted by Gasteiger charge is 2.54. The minimum Gasteiger partial charge on any atom is -0.355 e. The summed E-state index contributed by atoms with van der Waals surface area (Å²) in [7, 11) is 0. The van der Waals surface area contributed by atoms with Gasteiger partial charge >= 0.3 is 6.03 Å². The summed E-state index contributed by atoms with van der Waals surface area (Å²) in [6.45, 7) is 0.155. The summed E-state index contributed by atoms with van der Waals surface area (Å²) >= 11 is 0. The van der Waals surface area contributed by atoms with Crippen LogP contribution in [-0.4, -0.2) is 29.9 Å². The van der Waals surface area contributed by atoms with E-state index in [-0.39, 0.29) is 23.9 Å². The largest absolute Gasteiger partial charge is 0.355 e. The summed E-state index contributed by atoms with van der Waals surface area (Å²) in [6.07, 6.45) is 1.50. The maximum atomic E-state index is 13.6. The Morgan fingerprint density at radius 3 is 2.62 bits per heavy atom. The Morgan fingerprint density at radius 2 is 2.00 bits per heavy atom. The standard InChI is InChI=1S/C16H17F2N3O3/c17-11-4-1-5-12(18)10(11)7-13(22)19-8-9-3-2-6-16(9)14(23)20-15(24)21-16/h1,4-5,9H,2-3,6-8H2,(H,19,22)(H2,20,21,23,24)/t9-,16+/m1/s1. The second-order valence-corrected chi connectivity index (χ2v) is 6.15. The number of carbonyl (C=O) groups excluding carboxylic acids is 3. The first-order valence-electron chi connectivity index (χ1n) is 7.75. The zero-order valence-electron chi connectivity index (χ0n) is 12.8. The molecule has 1 aromatic rings. The first-order valence-corrected chi connectivity index (χ1v) is 7.75. The average molecular weight is 337 g/mol. The lowest BCUT2D eigenvalue weighted by atomic mass is 9.87. The van der Waals surface area contributed by atoms with Gasteiger partial charge in [-0.25, -0.2) is 13.6 Å². The Kier molecular flexibility index (Phi) is 4.21. The molecule has 8 heteroatoms. The van der Waals surface area contributed by atoms with E-state index in [1.165, 1.54) is 6.07 Å². The Balaban J connectivity index is 1.62. The third-order valence-corrected chi connectivity index (χ3v) is 4.73. The van der Waals surface area contributed by atoms with E-state index in [9.17, 15) is 23.2 Å². The van der Waals surface area contributed by atoms with Gasteiger partial charge in [0, 0.05) is 18.0 Å². The first kappa shape index (κ1) is 16.4. The highest BCUT2D eigenvalue weighted by atomic mass is 19.1. The topological polar surface area (TPSA) is 87.3 Å². The molecule has 4 amide bonds. The van der Waals surface area contributed by atoms with Crippen LogP contribution in [0.5, 0.6) is 0 Å². The number of hydrogen-bond donors (Lipinski definition) is 3. The van der Waals surface area contributed by atoms with Crippen LogP contribution in [0.25, 0.3) is 0 Å². The van der Waals surface area contributed by atoms with Crippen molar-refractivity contribution in [1.29, 1.82) is 0 Å². The lowest BCUT2D eigenvalue weighted by molar-refractivity contribution is -0.126. The Morgan fingerprint density at radius 1 is 1.29 bits per heavy atom. The summed E-state index contributed by atoms with van der Waals surface area (Å²) in [6, 6.07) is 2.88. The minimum atomic E-state index is -0.992. The molecule has 2 atom stereocenters. The highest BCUT2D eigenvalue weighted by Crippen LogP contribution is 2.37. The molecule has 2 fully saturated rings. The number of nitrogens with one attached hydrogen (secondary N) is 3. The van der Waals surface area contributed by atoms with Gasteiger partial charge in [-0.05, 0) is 25.0 Å². The predicted molar refractivity (Wildman–Crippen MR) is 79.8 cm³/mol. The van der Waals surface area contributed by atoms with E-state index in [0.717, 1.165) is 18.6 Å². The molecule has 1 saturated heterocycles. The molecule has 1 aromatic carbocycles. The van der Waals surface area contributed by atoms with E-state index in [1.807, 2.05) is 0 Å². The number of urea groups is 1. The molecule has 0 bridgehead atoms. The molecule has 1 heterocycles. The van der Waals surface area contributed by atoms with Crippen molar-refractivity contribution in [3.8, 4) is 0 Å². The van der Waals surface area contributed by atoms with Gasteiger partial charge in [0.2, 0.25) is 5.91 Å². The molecule has 128 valence electrons. The van der Waals surface area contributed by atoms with Crippen LogP contribution in [0.2, 0.25) is 0 Å². The van der Waals surface area contributed by atoms with Crippen molar-refractivity contribution in [1.82, 2.24) is 16.0 Å². The third kappa shape index (κ3) is 2.83. The number of amides is 4. The van der Waals surface area contributed by atoms with Crippen molar-refractivity contribution < 1.29 is 23.2 Å². The summed E-state index contributed by atoms with van der Waals surface area (Å²) in [5, 5.41) is 7.48. The fraction of sp³-hybridized carbons (Fsp3) is 0.438. The molecule has 1 aliphatic carbocycles. The Hall–Kier alpha value is -2.51. The SMILES string of the molecule is O=C(Cc1c(F)cccc1F)NC[C@H]1CCC[C@]12NC(=O)NC2=O. The monoisotopic (exact) mass is 337 g/mol. The fourth-order valence-corrected chi connectivity index (χ4v) is 3.48. The molecule has 24 heavy (non-hydrogen) atoms. The van der Waals surface area contributed by atoms with E-state index >= 15 is 0 Å². The van der Waals surface area contributed by atoms with E-state index in [1.54, 1.807) is 0 Å². The maximum Gasteiger partial charge on any atom is 0.322 e. The zero-order valence-corrected chi connectivity index (χ0v) is 12.8. The van der Waals surface area contributed by atoms with E-state index in [4.69, 9.17) is 0 Å². The quantitative estimate of drug-likeness (QED) is 0.717. The van der Waals surface area contributed by atoms with Crippen LogP contribution in [0, 0.1) is 17.6 Å². The van der Waals surface area contributed by atoms with E-state index in [0.29, 0.717) is 12.8 Å². The van der Waals surface area contributed by atoms with Crippen LogP contribution in [0.3, 0.4) is 0 Å². The second-order valence-electron chi connectivity index (χ2n) is 6.15. The van der Waals surface area contributed by atoms with Crippen molar-refractivity contribution in [3.63, 3.8) is 0 Å². The van der Waals surface area contributed by atoms with Gasteiger partial charge in [0.15, 0.2) is 0 Å². The van der Waals surface area contributed by atoms with Crippen molar-refractivity contribution in [3.05, 3.63) is 35.4 Å². The van der Waals surface area contributed by atoms with E-state index < -0.39 is 35.5 Å². The van der Waals surface area contributed by atoms with Crippen LogP contribution < -0.4 is 16.0 Å². The van der Waals surface area contributed by atoms with E-state index in [2.05, 4.69) is 16.0 Å². The minimum absolute atomic E-state index is 0.155. The molecule has 3 N–H and O–H groups in total. The number of halogens is 2. The number of rotatable bonds is 4. The summed E-state index contributed by atoms with van der Waals surface area (Å²) < 4.78 is 27.1. The van der Waals surface area contributed by atoms with Gasteiger partial charge in [-0.1, -0.05) is 12.5 Å². The molecule has 1 saturated carbocycles. The maximum absolute atomic E-state index is 13.6. The van der Waals surface area contributed by atoms with Crippen LogP contribution in [-0.2, 0) is 16.0 Å². The van der Waals surface area contributed by atoms with Gasteiger partial charge in [-0.2, -0.15) is 0 Å². The number of benzene rings is 1. The van der Waals surface area contributed by atoms with Crippen molar-refractivity contribution in [2.24, 2.45) is 5.92 Å². The average Bonchev–Trinajstić information content (AvgIpc) is 3.05. The van der Waals surface area contributed by atoms with Gasteiger partial charge in [0.05, 0.1) is 6.42 Å². The predicted octanol–water partition coefficient (Wildman–Crippen LogP) is 1.00. The smallest absolute Gasteiger partial charge is 0.322 e. The highest BCUT2D eigenvalue weighted by molar-refractivity contribution is 6.07. The Labute approximate surface area is 137 Å². The molecular weight excluding hydrogens is 320 g/mol. The molecule has 1 spiro atoms. The van der Waals surface area contributed by atoms with Gasteiger partial charge in [-0.3, -0.25) is 14.9 Å². The molecule has 2 aliphatic rings.